The van der Waals surface area contributed by atoms with Gasteiger partial charge in [0.2, 0.25) is 0 Å². The molecule has 0 spiro atoms. The quantitative estimate of drug-likeness (QED) is 0.937. The van der Waals surface area contributed by atoms with Gasteiger partial charge in [0.05, 0.1) is 11.8 Å². The summed E-state index contributed by atoms with van der Waals surface area (Å²) in [5.41, 5.74) is 1.77. The van der Waals surface area contributed by atoms with Crippen molar-refractivity contribution >= 4 is 17.4 Å². The highest BCUT2D eigenvalue weighted by Crippen LogP contribution is 2.50. The van der Waals surface area contributed by atoms with Crippen LogP contribution in [0.25, 0.3) is 0 Å². The maximum Gasteiger partial charge on any atom is 0.149 e. The van der Waals surface area contributed by atoms with E-state index in [-0.39, 0.29) is 5.41 Å². The minimum absolute atomic E-state index is 0.0860. The van der Waals surface area contributed by atoms with E-state index in [9.17, 15) is 0 Å². The van der Waals surface area contributed by atoms with Gasteiger partial charge in [0.1, 0.15) is 11.9 Å². The molecule has 1 fully saturated rings. The number of aromatic nitrogens is 2. The summed E-state index contributed by atoms with van der Waals surface area (Å²) >= 11 is 6.28. The van der Waals surface area contributed by atoms with Crippen LogP contribution in [0.4, 0.5) is 5.82 Å². The van der Waals surface area contributed by atoms with Crippen LogP contribution in [0.3, 0.4) is 0 Å². The van der Waals surface area contributed by atoms with Crippen molar-refractivity contribution in [2.75, 3.05) is 11.9 Å². The molecule has 0 bridgehead atoms. The molecular formula is C15H13ClN4. The molecule has 5 heteroatoms. The Kier molecular flexibility index (Phi) is 3.29. The summed E-state index contributed by atoms with van der Waals surface area (Å²) in [4.78, 5) is 0. The predicted molar refractivity (Wildman–Crippen MR) is 77.6 cm³/mol. The van der Waals surface area contributed by atoms with Gasteiger partial charge in [-0.1, -0.05) is 29.8 Å². The van der Waals surface area contributed by atoms with Crippen molar-refractivity contribution in [1.82, 2.24) is 10.2 Å². The first-order chi connectivity index (χ1) is 9.73. The maximum absolute atomic E-state index is 8.85. The van der Waals surface area contributed by atoms with Crippen LogP contribution in [0.1, 0.15) is 24.0 Å². The van der Waals surface area contributed by atoms with Gasteiger partial charge in [0.25, 0.3) is 0 Å². The lowest BCUT2D eigenvalue weighted by molar-refractivity contribution is 0.728. The van der Waals surface area contributed by atoms with Gasteiger partial charge in [-0.05, 0) is 24.5 Å². The second-order valence-electron chi connectivity index (χ2n) is 5.06. The van der Waals surface area contributed by atoms with Crippen molar-refractivity contribution in [1.29, 1.82) is 5.26 Å². The van der Waals surface area contributed by atoms with Gasteiger partial charge in [0, 0.05) is 23.0 Å². The number of nitrogens with zero attached hydrogens (tertiary/aromatic N) is 3. The lowest BCUT2D eigenvalue weighted by Gasteiger charge is -2.18. The van der Waals surface area contributed by atoms with Crippen molar-refractivity contribution in [2.24, 2.45) is 0 Å². The van der Waals surface area contributed by atoms with Crippen LogP contribution in [-0.4, -0.2) is 16.7 Å². The molecular weight excluding hydrogens is 272 g/mol. The zero-order valence-electron chi connectivity index (χ0n) is 10.8. The summed E-state index contributed by atoms with van der Waals surface area (Å²) in [6.07, 6.45) is 3.66. The Hall–Kier alpha value is -2.12. The molecule has 2 aromatic rings. The normalized spacial score (nSPS) is 15.4. The zero-order valence-corrected chi connectivity index (χ0v) is 11.6. The van der Waals surface area contributed by atoms with E-state index in [1.165, 1.54) is 11.8 Å². The number of benzene rings is 1. The average molecular weight is 285 g/mol. The Labute approximate surface area is 122 Å². The Balaban J connectivity index is 1.75. The monoisotopic (exact) mass is 284 g/mol. The highest BCUT2D eigenvalue weighted by atomic mass is 35.5. The molecule has 1 N–H and O–H groups in total. The van der Waals surface area contributed by atoms with Crippen LogP contribution in [0, 0.1) is 11.3 Å². The van der Waals surface area contributed by atoms with Crippen molar-refractivity contribution < 1.29 is 0 Å². The van der Waals surface area contributed by atoms with Gasteiger partial charge in [-0.3, -0.25) is 0 Å². The molecule has 0 atom stereocenters. The van der Waals surface area contributed by atoms with Crippen molar-refractivity contribution in [3.63, 3.8) is 0 Å². The van der Waals surface area contributed by atoms with Gasteiger partial charge in [-0.25, -0.2) is 0 Å². The number of anilines is 1. The highest BCUT2D eigenvalue weighted by Gasteiger charge is 2.45. The molecule has 3 rings (SSSR count). The fraction of sp³-hybridized carbons (Fsp3) is 0.267. The van der Waals surface area contributed by atoms with Gasteiger partial charge in [0.15, 0.2) is 0 Å². The Morgan fingerprint density at radius 2 is 2.15 bits per heavy atom. The van der Waals surface area contributed by atoms with E-state index in [0.29, 0.717) is 11.4 Å². The summed E-state index contributed by atoms with van der Waals surface area (Å²) < 4.78 is 0. The van der Waals surface area contributed by atoms with Crippen LogP contribution >= 0.6 is 11.6 Å². The van der Waals surface area contributed by atoms with Crippen molar-refractivity contribution in [3.8, 4) is 6.07 Å². The molecule has 1 aromatic heterocycles. The molecule has 1 heterocycles. The van der Waals surface area contributed by atoms with E-state index in [0.717, 1.165) is 24.4 Å². The molecule has 1 aliphatic carbocycles. The molecule has 0 saturated heterocycles. The number of hydrogen-bond donors (Lipinski definition) is 1. The molecule has 100 valence electrons. The Bertz CT molecular complexity index is 674. The summed E-state index contributed by atoms with van der Waals surface area (Å²) in [6, 6.07) is 11.7. The second-order valence-corrected chi connectivity index (χ2v) is 5.46. The summed E-state index contributed by atoms with van der Waals surface area (Å²) in [5.74, 6) is 0.627. The number of rotatable bonds is 4. The molecule has 1 saturated carbocycles. The molecule has 20 heavy (non-hydrogen) atoms. The highest BCUT2D eigenvalue weighted by molar-refractivity contribution is 6.31. The standard InChI is InChI=1S/C15H13ClN4/c16-13-4-2-1-3-12(13)15(5-6-15)10-18-14-7-11(8-17)9-19-20-14/h1-4,7,9H,5-6,10H2,(H,18,20). The molecule has 0 amide bonds. The van der Waals surface area contributed by atoms with Gasteiger partial charge in [-0.15, -0.1) is 5.10 Å². The smallest absolute Gasteiger partial charge is 0.149 e. The maximum atomic E-state index is 8.85. The minimum Gasteiger partial charge on any atom is -0.368 e. The number of nitriles is 1. The number of hydrogen-bond acceptors (Lipinski definition) is 4. The van der Waals surface area contributed by atoms with Crippen molar-refractivity contribution in [2.45, 2.75) is 18.3 Å². The first-order valence-corrected chi connectivity index (χ1v) is 6.83. The van der Waals surface area contributed by atoms with Gasteiger partial charge in [-0.2, -0.15) is 10.4 Å². The van der Waals surface area contributed by atoms with E-state index in [1.54, 1.807) is 6.07 Å². The SMILES string of the molecule is N#Cc1cnnc(NCC2(c3ccccc3Cl)CC2)c1. The fourth-order valence-corrected chi connectivity index (χ4v) is 2.69. The van der Waals surface area contributed by atoms with Crippen LogP contribution < -0.4 is 5.32 Å². The predicted octanol–water partition coefficient (Wildman–Crippen LogP) is 3.15. The average Bonchev–Trinajstić information content (AvgIpc) is 3.27. The van der Waals surface area contributed by atoms with Gasteiger partial charge >= 0.3 is 0 Å². The fourth-order valence-electron chi connectivity index (χ4n) is 2.36. The van der Waals surface area contributed by atoms with E-state index >= 15 is 0 Å². The Morgan fingerprint density at radius 3 is 2.85 bits per heavy atom. The summed E-state index contributed by atoms with van der Waals surface area (Å²) in [5, 5.41) is 20.7. The number of halogens is 1. The topological polar surface area (TPSA) is 61.6 Å². The third-order valence-electron chi connectivity index (χ3n) is 3.69. The van der Waals surface area contributed by atoms with Crippen LogP contribution in [0.5, 0.6) is 0 Å². The summed E-state index contributed by atoms with van der Waals surface area (Å²) in [6.45, 7) is 0.750. The second kappa shape index (κ2) is 5.10. The zero-order chi connectivity index (χ0) is 14.0. The van der Waals surface area contributed by atoms with Crippen LogP contribution in [0.2, 0.25) is 5.02 Å². The first kappa shape index (κ1) is 12.9. The van der Waals surface area contributed by atoms with E-state index < -0.39 is 0 Å². The lowest BCUT2D eigenvalue weighted by atomic mass is 9.96. The van der Waals surface area contributed by atoms with E-state index in [4.69, 9.17) is 16.9 Å². The van der Waals surface area contributed by atoms with E-state index in [1.807, 2.05) is 18.2 Å². The molecule has 0 aliphatic heterocycles. The molecule has 1 aliphatic rings. The van der Waals surface area contributed by atoms with E-state index in [2.05, 4.69) is 27.6 Å². The van der Waals surface area contributed by atoms with Crippen LogP contribution in [-0.2, 0) is 5.41 Å². The molecule has 1 aromatic carbocycles. The molecule has 4 nitrogen and oxygen atoms in total. The lowest BCUT2D eigenvalue weighted by Crippen LogP contribution is -2.20. The largest absolute Gasteiger partial charge is 0.368 e. The molecule has 0 radical (unpaired) electrons. The molecule has 0 unspecified atom stereocenters. The van der Waals surface area contributed by atoms with Gasteiger partial charge < -0.3 is 5.32 Å². The van der Waals surface area contributed by atoms with Crippen LogP contribution in [0.15, 0.2) is 36.5 Å². The van der Waals surface area contributed by atoms with Crippen molar-refractivity contribution in [3.05, 3.63) is 52.7 Å². The minimum atomic E-state index is 0.0860. The third-order valence-corrected chi connectivity index (χ3v) is 4.02. The number of nitrogens with one attached hydrogen (secondary N) is 1. The first-order valence-electron chi connectivity index (χ1n) is 6.45. The third kappa shape index (κ3) is 2.45. The Morgan fingerprint density at radius 1 is 1.35 bits per heavy atom. The summed E-state index contributed by atoms with van der Waals surface area (Å²) in [7, 11) is 0.